The number of hydrogen-bond acceptors (Lipinski definition) is 6. The number of rotatable bonds is 13. The molecule has 20 heavy (non-hydrogen) atoms. The van der Waals surface area contributed by atoms with Crippen LogP contribution in [0.3, 0.4) is 0 Å². The maximum Gasteiger partial charge on any atom is 0.221 e. The topological polar surface area (TPSA) is 112 Å². The molecule has 0 bridgehead atoms. The van der Waals surface area contributed by atoms with E-state index in [1.165, 1.54) is 0 Å². The number of hydrogen-bond donors (Lipinski definition) is 3. The molecule has 0 aliphatic carbocycles. The van der Waals surface area contributed by atoms with E-state index in [0.29, 0.717) is 52.2 Å². The average Bonchev–Trinajstić information content (AvgIpc) is 2.46. The van der Waals surface area contributed by atoms with Gasteiger partial charge >= 0.3 is 0 Å². The van der Waals surface area contributed by atoms with Crippen molar-refractivity contribution in [2.75, 3.05) is 39.7 Å². The van der Waals surface area contributed by atoms with E-state index in [9.17, 15) is 9.59 Å². The van der Waals surface area contributed by atoms with Gasteiger partial charge in [0.2, 0.25) is 11.8 Å². The number of nitrogens with one attached hydrogen (secondary N) is 2. The Balaban J connectivity index is 3.13. The van der Waals surface area contributed by atoms with Crippen LogP contribution >= 0.6 is 0 Å². The van der Waals surface area contributed by atoms with Crippen molar-refractivity contribution in [1.82, 2.24) is 10.6 Å². The van der Waals surface area contributed by atoms with Gasteiger partial charge in [-0.15, -0.1) is 0 Å². The summed E-state index contributed by atoms with van der Waals surface area (Å²) in [4.78, 5) is 26.2. The lowest BCUT2D eigenvalue weighted by Gasteiger charge is -2.07. The first-order valence-electron chi connectivity index (χ1n) is 6.71. The molecule has 118 valence electrons. The maximum atomic E-state index is 11.1. The van der Waals surface area contributed by atoms with E-state index in [1.54, 1.807) is 6.92 Å². The minimum absolute atomic E-state index is 0.0160. The molecule has 0 saturated carbocycles. The minimum Gasteiger partial charge on any atom is -0.379 e. The molecule has 8 nitrogen and oxygen atoms in total. The lowest BCUT2D eigenvalue weighted by atomic mass is 10.3. The summed E-state index contributed by atoms with van der Waals surface area (Å²) in [7, 11) is 0. The molecule has 0 unspecified atom stereocenters. The van der Waals surface area contributed by atoms with Gasteiger partial charge in [-0.2, -0.15) is 0 Å². The molecule has 0 aromatic carbocycles. The summed E-state index contributed by atoms with van der Waals surface area (Å²) in [6.07, 6.45) is 1.48. The van der Waals surface area contributed by atoms with Crippen LogP contribution in [0.25, 0.3) is 0 Å². The van der Waals surface area contributed by atoms with E-state index in [4.69, 9.17) is 15.4 Å². The standard InChI is InChI=1S/C12H25N3O5/c1-2-11(16)14-5-7-19-9-8-18-6-3-4-12(17)15-10-20-13/h2-10,13H2,1H3,(H,14,16)(H,15,17). The summed E-state index contributed by atoms with van der Waals surface area (Å²) in [5, 5.41) is 5.17. The molecule has 0 aromatic rings. The number of nitrogens with two attached hydrogens (primary N) is 1. The fourth-order valence-electron chi connectivity index (χ4n) is 1.25. The Morgan fingerprint density at radius 1 is 1.00 bits per heavy atom. The predicted octanol–water partition coefficient (Wildman–Crippen LogP) is -0.710. The highest BCUT2D eigenvalue weighted by Gasteiger charge is 2.00. The molecule has 0 radical (unpaired) electrons. The normalized spacial score (nSPS) is 10.3. The van der Waals surface area contributed by atoms with Crippen molar-refractivity contribution in [2.45, 2.75) is 26.2 Å². The summed E-state index contributed by atoms with van der Waals surface area (Å²) in [5.74, 6) is 4.66. The summed E-state index contributed by atoms with van der Waals surface area (Å²) >= 11 is 0. The molecule has 0 atom stereocenters. The Labute approximate surface area is 119 Å². The van der Waals surface area contributed by atoms with Gasteiger partial charge in [0, 0.05) is 26.0 Å². The highest BCUT2D eigenvalue weighted by Crippen LogP contribution is 1.90. The number of amides is 2. The second-order valence-electron chi connectivity index (χ2n) is 3.94. The van der Waals surface area contributed by atoms with Crippen molar-refractivity contribution < 1.29 is 23.9 Å². The van der Waals surface area contributed by atoms with Gasteiger partial charge in [0.05, 0.1) is 19.8 Å². The van der Waals surface area contributed by atoms with Gasteiger partial charge in [-0.1, -0.05) is 6.92 Å². The van der Waals surface area contributed by atoms with Crippen molar-refractivity contribution in [3.8, 4) is 0 Å². The second-order valence-corrected chi connectivity index (χ2v) is 3.94. The monoisotopic (exact) mass is 291 g/mol. The summed E-state index contributed by atoms with van der Waals surface area (Å²) < 4.78 is 10.5. The molecule has 2 amide bonds. The third-order valence-corrected chi connectivity index (χ3v) is 2.31. The second kappa shape index (κ2) is 14.2. The van der Waals surface area contributed by atoms with Crippen molar-refractivity contribution in [3.05, 3.63) is 0 Å². The Bertz CT molecular complexity index is 263. The van der Waals surface area contributed by atoms with Crippen molar-refractivity contribution in [1.29, 1.82) is 0 Å². The molecule has 4 N–H and O–H groups in total. The molecule has 8 heteroatoms. The Kier molecular flexibility index (Phi) is 13.3. The van der Waals surface area contributed by atoms with Gasteiger partial charge in [0.25, 0.3) is 0 Å². The van der Waals surface area contributed by atoms with Crippen LogP contribution in [0.1, 0.15) is 26.2 Å². The van der Waals surface area contributed by atoms with Crippen LogP contribution in [-0.4, -0.2) is 51.5 Å². The summed E-state index contributed by atoms with van der Waals surface area (Å²) in [6, 6.07) is 0. The smallest absolute Gasteiger partial charge is 0.221 e. The predicted molar refractivity (Wildman–Crippen MR) is 72.5 cm³/mol. The van der Waals surface area contributed by atoms with Gasteiger partial charge in [-0.05, 0) is 6.42 Å². The Hall–Kier alpha value is -1.22. The van der Waals surface area contributed by atoms with E-state index in [1.807, 2.05) is 0 Å². The fourth-order valence-corrected chi connectivity index (χ4v) is 1.25. The van der Waals surface area contributed by atoms with Gasteiger partial charge < -0.3 is 20.1 Å². The fraction of sp³-hybridized carbons (Fsp3) is 0.833. The van der Waals surface area contributed by atoms with Crippen molar-refractivity contribution in [2.24, 2.45) is 5.90 Å². The Morgan fingerprint density at radius 2 is 1.70 bits per heavy atom. The lowest BCUT2D eigenvalue weighted by molar-refractivity contribution is -0.123. The van der Waals surface area contributed by atoms with Crippen LogP contribution in [0, 0.1) is 0 Å². The molecule has 0 fully saturated rings. The van der Waals surface area contributed by atoms with E-state index in [2.05, 4.69) is 15.5 Å². The van der Waals surface area contributed by atoms with Crippen molar-refractivity contribution in [3.63, 3.8) is 0 Å². The minimum atomic E-state index is -0.123. The van der Waals surface area contributed by atoms with Gasteiger partial charge in [0.15, 0.2) is 0 Å². The number of carbonyl (C=O) groups is 2. The van der Waals surface area contributed by atoms with E-state index in [0.717, 1.165) is 0 Å². The first-order chi connectivity index (χ1) is 9.70. The van der Waals surface area contributed by atoms with Crippen LogP contribution in [0.2, 0.25) is 0 Å². The van der Waals surface area contributed by atoms with Gasteiger partial charge in [-0.3, -0.25) is 14.4 Å². The zero-order valence-corrected chi connectivity index (χ0v) is 12.0. The summed E-state index contributed by atoms with van der Waals surface area (Å²) in [6.45, 7) is 4.22. The molecule has 0 heterocycles. The zero-order valence-electron chi connectivity index (χ0n) is 12.0. The first kappa shape index (κ1) is 18.8. The van der Waals surface area contributed by atoms with Crippen LogP contribution < -0.4 is 16.5 Å². The number of carbonyl (C=O) groups excluding carboxylic acids is 2. The first-order valence-corrected chi connectivity index (χ1v) is 6.71. The molecule has 0 aromatic heterocycles. The van der Waals surface area contributed by atoms with Gasteiger partial charge in [-0.25, -0.2) is 5.90 Å². The van der Waals surface area contributed by atoms with Crippen LogP contribution in [-0.2, 0) is 23.9 Å². The van der Waals surface area contributed by atoms with E-state index < -0.39 is 0 Å². The van der Waals surface area contributed by atoms with E-state index in [-0.39, 0.29) is 18.5 Å². The largest absolute Gasteiger partial charge is 0.379 e. The zero-order chi connectivity index (χ0) is 15.1. The molecule has 0 spiro atoms. The van der Waals surface area contributed by atoms with Gasteiger partial charge in [0.1, 0.15) is 6.73 Å². The third kappa shape index (κ3) is 13.2. The highest BCUT2D eigenvalue weighted by atomic mass is 16.6. The van der Waals surface area contributed by atoms with Crippen LogP contribution in [0.15, 0.2) is 0 Å². The third-order valence-electron chi connectivity index (χ3n) is 2.31. The van der Waals surface area contributed by atoms with Crippen LogP contribution in [0.5, 0.6) is 0 Å². The van der Waals surface area contributed by atoms with E-state index >= 15 is 0 Å². The molecular weight excluding hydrogens is 266 g/mol. The lowest BCUT2D eigenvalue weighted by Crippen LogP contribution is -2.27. The summed E-state index contributed by atoms with van der Waals surface area (Å²) in [5.41, 5.74) is 0. The van der Waals surface area contributed by atoms with Crippen LogP contribution in [0.4, 0.5) is 0 Å². The molecule has 0 aliphatic rings. The highest BCUT2D eigenvalue weighted by molar-refractivity contribution is 5.75. The number of ether oxygens (including phenoxy) is 2. The Morgan fingerprint density at radius 3 is 2.35 bits per heavy atom. The van der Waals surface area contributed by atoms with Crippen molar-refractivity contribution >= 4 is 11.8 Å². The SMILES string of the molecule is CCC(=O)NCCOCCOCCCC(=O)NCON. The molecule has 0 aliphatic heterocycles. The molecular formula is C12H25N3O5. The maximum absolute atomic E-state index is 11.1. The average molecular weight is 291 g/mol. The molecule has 0 saturated heterocycles. The quantitative estimate of drug-likeness (QED) is 0.235. The molecule has 0 rings (SSSR count).